The molecule has 6 nitrogen and oxygen atoms in total. The lowest BCUT2D eigenvalue weighted by atomic mass is 10.2. The van der Waals surface area contributed by atoms with Gasteiger partial charge in [0.25, 0.3) is 0 Å². The van der Waals surface area contributed by atoms with E-state index in [1.165, 1.54) is 4.79 Å². The zero-order valence-electron chi connectivity index (χ0n) is 12.4. The third-order valence-corrected chi connectivity index (χ3v) is 3.94. The molecule has 1 aromatic heterocycles. The van der Waals surface area contributed by atoms with E-state index in [-0.39, 0.29) is 6.23 Å². The highest BCUT2D eigenvalue weighted by atomic mass is 35.5. The lowest BCUT2D eigenvalue weighted by molar-refractivity contribution is -0.0398. The average Bonchev–Trinajstić information content (AvgIpc) is 2.90. The zero-order chi connectivity index (χ0) is 15.5. The number of aromatic nitrogens is 2. The van der Waals surface area contributed by atoms with E-state index in [2.05, 4.69) is 10.00 Å². The van der Waals surface area contributed by atoms with Crippen LogP contribution in [-0.2, 0) is 4.74 Å². The molecule has 7 heteroatoms. The Morgan fingerprint density at radius 1 is 1.27 bits per heavy atom. The van der Waals surface area contributed by atoms with Gasteiger partial charge in [-0.1, -0.05) is 23.7 Å². The fraction of sp³-hybridized carbons (Fsp3) is 0.400. The second-order valence-corrected chi connectivity index (χ2v) is 5.62. The van der Waals surface area contributed by atoms with Crippen molar-refractivity contribution in [2.24, 2.45) is 0 Å². The maximum absolute atomic E-state index is 5.93. The number of nitrogen functional groups attached to an aromatic ring is 1. The molecule has 0 aliphatic carbocycles. The standard InChI is InChI=1S/C15H19ClN4O2/c1-11(19-6-8-21-9-7-19)22-15-10-14(18-20(15)17)12-2-4-13(16)5-3-12/h2-5,10-11H,6-9,17H2,1H3. The van der Waals surface area contributed by atoms with Gasteiger partial charge in [-0.2, -0.15) is 0 Å². The fourth-order valence-corrected chi connectivity index (χ4v) is 2.54. The largest absolute Gasteiger partial charge is 0.458 e. The lowest BCUT2D eigenvalue weighted by Gasteiger charge is -2.31. The van der Waals surface area contributed by atoms with Gasteiger partial charge >= 0.3 is 0 Å². The SMILES string of the molecule is CC(Oc1cc(-c2ccc(Cl)cc2)nn1N)N1CCOCC1. The summed E-state index contributed by atoms with van der Waals surface area (Å²) in [5.74, 6) is 6.43. The van der Waals surface area contributed by atoms with E-state index >= 15 is 0 Å². The molecule has 1 aliphatic rings. The Morgan fingerprint density at radius 2 is 1.95 bits per heavy atom. The molecule has 1 aromatic carbocycles. The van der Waals surface area contributed by atoms with Gasteiger partial charge in [0.15, 0.2) is 6.23 Å². The normalized spacial score (nSPS) is 17.4. The van der Waals surface area contributed by atoms with Gasteiger partial charge in [0.1, 0.15) is 0 Å². The number of hydrogen-bond acceptors (Lipinski definition) is 5. The van der Waals surface area contributed by atoms with E-state index in [1.54, 1.807) is 0 Å². The minimum Gasteiger partial charge on any atom is -0.458 e. The molecule has 1 atom stereocenters. The maximum atomic E-state index is 5.93. The van der Waals surface area contributed by atoms with Crippen LogP contribution >= 0.6 is 11.6 Å². The molecule has 1 unspecified atom stereocenters. The van der Waals surface area contributed by atoms with E-state index in [1.807, 2.05) is 37.3 Å². The molecule has 0 amide bonds. The summed E-state index contributed by atoms with van der Waals surface area (Å²) in [5, 5.41) is 4.98. The molecule has 1 aliphatic heterocycles. The summed E-state index contributed by atoms with van der Waals surface area (Å²) in [6.07, 6.45) is -0.0824. The Morgan fingerprint density at radius 3 is 2.64 bits per heavy atom. The van der Waals surface area contributed by atoms with Gasteiger partial charge in [0.2, 0.25) is 5.88 Å². The number of rotatable bonds is 4. The summed E-state index contributed by atoms with van der Waals surface area (Å²) in [4.78, 5) is 3.47. The molecule has 2 aromatic rings. The van der Waals surface area contributed by atoms with Crippen LogP contribution < -0.4 is 10.6 Å². The first kappa shape index (κ1) is 15.1. The molecule has 2 N–H and O–H groups in total. The first-order valence-corrected chi connectivity index (χ1v) is 7.61. The van der Waals surface area contributed by atoms with Gasteiger partial charge < -0.3 is 15.3 Å². The van der Waals surface area contributed by atoms with E-state index in [4.69, 9.17) is 26.9 Å². The quantitative estimate of drug-likeness (QED) is 0.872. The highest BCUT2D eigenvalue weighted by Gasteiger charge is 2.20. The molecule has 2 heterocycles. The topological polar surface area (TPSA) is 65.5 Å². The van der Waals surface area contributed by atoms with Crippen LogP contribution in [0.1, 0.15) is 6.92 Å². The van der Waals surface area contributed by atoms with Crippen molar-refractivity contribution in [3.8, 4) is 17.1 Å². The van der Waals surface area contributed by atoms with Crippen molar-refractivity contribution in [2.75, 3.05) is 32.1 Å². The van der Waals surface area contributed by atoms with E-state index in [0.717, 1.165) is 37.6 Å². The highest BCUT2D eigenvalue weighted by Crippen LogP contribution is 2.24. The summed E-state index contributed by atoms with van der Waals surface area (Å²) in [6, 6.07) is 9.28. The number of ether oxygens (including phenoxy) is 2. The molecule has 0 saturated carbocycles. The molecule has 1 fully saturated rings. The van der Waals surface area contributed by atoms with Gasteiger partial charge in [-0.15, -0.1) is 9.89 Å². The van der Waals surface area contributed by atoms with Gasteiger partial charge in [0.05, 0.1) is 18.9 Å². The number of nitrogens with two attached hydrogens (primary N) is 1. The van der Waals surface area contributed by atoms with Gasteiger partial charge in [-0.05, 0) is 19.1 Å². The second kappa shape index (κ2) is 6.56. The van der Waals surface area contributed by atoms with Crippen molar-refractivity contribution in [3.63, 3.8) is 0 Å². The predicted octanol–water partition coefficient (Wildman–Crippen LogP) is 1.97. The van der Waals surface area contributed by atoms with Crippen molar-refractivity contribution in [3.05, 3.63) is 35.4 Å². The van der Waals surface area contributed by atoms with Crippen LogP contribution in [0.2, 0.25) is 5.02 Å². The summed E-state index contributed by atoms with van der Waals surface area (Å²) in [6.45, 7) is 5.16. The minimum absolute atomic E-state index is 0.0824. The van der Waals surface area contributed by atoms with E-state index in [0.29, 0.717) is 10.9 Å². The maximum Gasteiger partial charge on any atom is 0.234 e. The van der Waals surface area contributed by atoms with Gasteiger partial charge in [-0.3, -0.25) is 4.90 Å². The third kappa shape index (κ3) is 3.35. The Kier molecular flexibility index (Phi) is 4.52. The first-order chi connectivity index (χ1) is 10.6. The van der Waals surface area contributed by atoms with Crippen LogP contribution in [-0.4, -0.2) is 47.3 Å². The monoisotopic (exact) mass is 322 g/mol. The Bertz CT molecular complexity index is 623. The summed E-state index contributed by atoms with van der Waals surface area (Å²) in [5.41, 5.74) is 1.70. The molecule has 0 bridgehead atoms. The lowest BCUT2D eigenvalue weighted by Crippen LogP contribution is -2.45. The molecule has 0 radical (unpaired) electrons. The smallest absolute Gasteiger partial charge is 0.234 e. The van der Waals surface area contributed by atoms with Crippen molar-refractivity contribution < 1.29 is 9.47 Å². The van der Waals surface area contributed by atoms with Gasteiger partial charge in [-0.25, -0.2) is 0 Å². The molecule has 0 spiro atoms. The van der Waals surface area contributed by atoms with Crippen molar-refractivity contribution in [2.45, 2.75) is 13.2 Å². The first-order valence-electron chi connectivity index (χ1n) is 7.23. The van der Waals surface area contributed by atoms with Crippen LogP contribution in [0.5, 0.6) is 5.88 Å². The zero-order valence-corrected chi connectivity index (χ0v) is 13.2. The average molecular weight is 323 g/mol. The van der Waals surface area contributed by atoms with E-state index in [9.17, 15) is 0 Å². The number of benzene rings is 1. The Labute approximate surface area is 134 Å². The van der Waals surface area contributed by atoms with Crippen LogP contribution in [0.4, 0.5) is 0 Å². The van der Waals surface area contributed by atoms with Crippen molar-refractivity contribution in [1.82, 2.24) is 14.8 Å². The summed E-state index contributed by atoms with van der Waals surface area (Å²) >= 11 is 5.90. The van der Waals surface area contributed by atoms with Crippen LogP contribution in [0.15, 0.2) is 30.3 Å². The summed E-state index contributed by atoms with van der Waals surface area (Å²) < 4.78 is 11.3. The molecule has 1 saturated heterocycles. The third-order valence-electron chi connectivity index (χ3n) is 3.69. The minimum atomic E-state index is -0.0824. The molecular weight excluding hydrogens is 304 g/mol. The predicted molar refractivity (Wildman–Crippen MR) is 85.3 cm³/mol. The van der Waals surface area contributed by atoms with Crippen LogP contribution in [0.25, 0.3) is 11.3 Å². The number of morpholine rings is 1. The molecule has 118 valence electrons. The highest BCUT2D eigenvalue weighted by molar-refractivity contribution is 6.30. The van der Waals surface area contributed by atoms with Crippen molar-refractivity contribution in [1.29, 1.82) is 0 Å². The second-order valence-electron chi connectivity index (χ2n) is 5.18. The molecular formula is C15H19ClN4O2. The molecule has 3 rings (SSSR count). The number of nitrogens with zero attached hydrogens (tertiary/aromatic N) is 3. The van der Waals surface area contributed by atoms with Gasteiger partial charge in [0, 0.05) is 29.7 Å². The Balaban J connectivity index is 1.73. The Hall–Kier alpha value is -1.76. The van der Waals surface area contributed by atoms with Crippen molar-refractivity contribution >= 4 is 11.6 Å². The van der Waals surface area contributed by atoms with E-state index < -0.39 is 0 Å². The van der Waals surface area contributed by atoms with Crippen LogP contribution in [0.3, 0.4) is 0 Å². The number of halogens is 1. The molecule has 22 heavy (non-hydrogen) atoms. The summed E-state index contributed by atoms with van der Waals surface area (Å²) in [7, 11) is 0. The number of hydrogen-bond donors (Lipinski definition) is 1. The fourth-order valence-electron chi connectivity index (χ4n) is 2.42. The van der Waals surface area contributed by atoms with Crippen LogP contribution in [0, 0.1) is 0 Å².